The Morgan fingerprint density at radius 1 is 0.615 bits per heavy atom. The summed E-state index contributed by atoms with van der Waals surface area (Å²) >= 11 is 0. The number of quaternary nitrogens is 1. The summed E-state index contributed by atoms with van der Waals surface area (Å²) in [6.07, 6.45) is 39.8. The fourth-order valence-electron chi connectivity index (χ4n) is 4.88. The maximum Gasteiger partial charge on any atom is 0.472 e. The molecule has 0 spiro atoms. The van der Waals surface area contributed by atoms with E-state index in [0.29, 0.717) is 23.9 Å². The molecule has 52 heavy (non-hydrogen) atoms. The Morgan fingerprint density at radius 3 is 1.69 bits per heavy atom. The van der Waals surface area contributed by atoms with Crippen LogP contribution in [0.25, 0.3) is 0 Å². The van der Waals surface area contributed by atoms with Crippen molar-refractivity contribution in [1.82, 2.24) is 0 Å². The molecule has 0 fully saturated rings. The van der Waals surface area contributed by atoms with Crippen LogP contribution in [0.4, 0.5) is 0 Å². The highest BCUT2D eigenvalue weighted by atomic mass is 31.2. The van der Waals surface area contributed by atoms with Gasteiger partial charge in [0.2, 0.25) is 0 Å². The number of carbonyl (C=O) groups is 2. The van der Waals surface area contributed by atoms with Gasteiger partial charge in [0.05, 0.1) is 27.7 Å². The summed E-state index contributed by atoms with van der Waals surface area (Å²) in [7, 11) is 1.44. The summed E-state index contributed by atoms with van der Waals surface area (Å²) in [6, 6.07) is 0. The Kier molecular flexibility index (Phi) is 33.0. The van der Waals surface area contributed by atoms with Gasteiger partial charge >= 0.3 is 19.8 Å². The smallest absolute Gasteiger partial charge is 0.462 e. The van der Waals surface area contributed by atoms with Crippen LogP contribution >= 0.6 is 7.82 Å². The summed E-state index contributed by atoms with van der Waals surface area (Å²) < 4.78 is 34.1. The van der Waals surface area contributed by atoms with E-state index < -0.39 is 32.5 Å². The normalized spacial score (nSPS) is 14.3. The Morgan fingerprint density at radius 2 is 1.10 bits per heavy atom. The quantitative estimate of drug-likeness (QED) is 0.0224. The van der Waals surface area contributed by atoms with Crippen molar-refractivity contribution in [3.05, 3.63) is 60.8 Å². The molecule has 2 atom stereocenters. The lowest BCUT2D eigenvalue weighted by atomic mass is 10.1. The van der Waals surface area contributed by atoms with Crippen LogP contribution in [0, 0.1) is 0 Å². The molecule has 10 heteroatoms. The Balaban J connectivity index is 4.51. The van der Waals surface area contributed by atoms with Crippen LogP contribution in [0.15, 0.2) is 60.8 Å². The molecule has 0 radical (unpaired) electrons. The van der Waals surface area contributed by atoms with E-state index in [2.05, 4.69) is 74.6 Å². The number of allylic oxidation sites excluding steroid dienone is 10. The summed E-state index contributed by atoms with van der Waals surface area (Å²) in [5.41, 5.74) is 0. The molecule has 0 bridgehead atoms. The minimum Gasteiger partial charge on any atom is -0.462 e. The van der Waals surface area contributed by atoms with Gasteiger partial charge in [-0.2, -0.15) is 0 Å². The molecule has 0 saturated heterocycles. The maximum atomic E-state index is 12.6. The fraction of sp³-hybridized carbons (Fsp3) is 0.714. The molecule has 0 aromatic heterocycles. The number of likely N-dealkylation sites (N-methyl/N-ethyl adjacent to an activating group) is 1. The van der Waals surface area contributed by atoms with E-state index in [-0.39, 0.29) is 26.1 Å². The highest BCUT2D eigenvalue weighted by Crippen LogP contribution is 2.43. The van der Waals surface area contributed by atoms with Gasteiger partial charge in [-0.05, 0) is 77.0 Å². The molecule has 0 amide bonds. The molecule has 0 aromatic carbocycles. The molecule has 1 unspecified atom stereocenters. The van der Waals surface area contributed by atoms with Gasteiger partial charge in [0.25, 0.3) is 0 Å². The van der Waals surface area contributed by atoms with Crippen molar-refractivity contribution in [2.75, 3.05) is 47.5 Å². The van der Waals surface area contributed by atoms with E-state index >= 15 is 0 Å². The number of phosphoric ester groups is 1. The lowest BCUT2D eigenvalue weighted by Gasteiger charge is -2.24. The molecule has 1 N–H and O–H groups in total. The molecule has 0 aliphatic carbocycles. The van der Waals surface area contributed by atoms with Crippen molar-refractivity contribution >= 4 is 19.8 Å². The van der Waals surface area contributed by atoms with Gasteiger partial charge in [0.15, 0.2) is 6.10 Å². The zero-order valence-corrected chi connectivity index (χ0v) is 34.4. The second kappa shape index (κ2) is 34.5. The first-order valence-electron chi connectivity index (χ1n) is 20.0. The lowest BCUT2D eigenvalue weighted by molar-refractivity contribution is -0.870. The Bertz CT molecular complexity index is 1080. The minimum atomic E-state index is -4.38. The Labute approximate surface area is 317 Å². The number of carbonyl (C=O) groups excluding carboxylic acids is 2. The van der Waals surface area contributed by atoms with Gasteiger partial charge in [0, 0.05) is 12.8 Å². The molecular weight excluding hydrogens is 677 g/mol. The van der Waals surface area contributed by atoms with Crippen molar-refractivity contribution in [1.29, 1.82) is 0 Å². The van der Waals surface area contributed by atoms with Crippen molar-refractivity contribution in [3.63, 3.8) is 0 Å². The van der Waals surface area contributed by atoms with Crippen molar-refractivity contribution in [2.45, 2.75) is 148 Å². The van der Waals surface area contributed by atoms with E-state index in [0.717, 1.165) is 70.6 Å². The first-order valence-corrected chi connectivity index (χ1v) is 21.5. The van der Waals surface area contributed by atoms with E-state index in [1.54, 1.807) is 0 Å². The molecule has 0 aliphatic rings. The molecule has 0 aliphatic heterocycles. The SMILES string of the molecule is CC/C=C\C/C=C\C/C=C\C/C=C\CCCCC(=O)OC[C@H](COP(=O)(O)OCC[N+](C)(C)C)OC(=O)CCCCCCC/C=C\CCCCCC. The predicted molar refractivity (Wildman–Crippen MR) is 215 cm³/mol. The maximum absolute atomic E-state index is 12.6. The van der Waals surface area contributed by atoms with E-state index in [9.17, 15) is 19.0 Å². The molecule has 0 aromatic rings. The monoisotopic (exact) mass is 753 g/mol. The molecule has 0 rings (SSSR count). The topological polar surface area (TPSA) is 108 Å². The number of nitrogens with zero attached hydrogens (tertiary/aromatic N) is 1. The largest absolute Gasteiger partial charge is 0.472 e. The molecule has 0 heterocycles. The number of hydrogen-bond acceptors (Lipinski definition) is 7. The fourth-order valence-corrected chi connectivity index (χ4v) is 5.62. The van der Waals surface area contributed by atoms with Crippen LogP contribution in [0.2, 0.25) is 0 Å². The van der Waals surface area contributed by atoms with E-state index in [1.165, 1.54) is 32.1 Å². The lowest BCUT2D eigenvalue weighted by Crippen LogP contribution is -2.37. The average molecular weight is 753 g/mol. The number of unbranched alkanes of at least 4 members (excludes halogenated alkanes) is 11. The second-order valence-corrected chi connectivity index (χ2v) is 15.7. The summed E-state index contributed by atoms with van der Waals surface area (Å²) in [6.45, 7) is 4.20. The molecule has 300 valence electrons. The van der Waals surface area contributed by atoms with Gasteiger partial charge in [0.1, 0.15) is 19.8 Å². The summed E-state index contributed by atoms with van der Waals surface area (Å²) in [5.74, 6) is -0.865. The highest BCUT2D eigenvalue weighted by Gasteiger charge is 2.27. The van der Waals surface area contributed by atoms with Crippen molar-refractivity contribution in [3.8, 4) is 0 Å². The summed E-state index contributed by atoms with van der Waals surface area (Å²) in [5, 5.41) is 0. The van der Waals surface area contributed by atoms with Crippen LogP contribution in [-0.4, -0.2) is 74.9 Å². The van der Waals surface area contributed by atoms with Gasteiger partial charge in [-0.3, -0.25) is 18.6 Å². The number of rotatable bonds is 35. The molecule has 0 saturated carbocycles. The van der Waals surface area contributed by atoms with Crippen molar-refractivity contribution < 1.29 is 42.1 Å². The average Bonchev–Trinajstić information content (AvgIpc) is 3.09. The first kappa shape index (κ1) is 49.7. The zero-order chi connectivity index (χ0) is 38.6. The van der Waals surface area contributed by atoms with Crippen molar-refractivity contribution in [2.24, 2.45) is 0 Å². The second-order valence-electron chi connectivity index (χ2n) is 14.3. The number of esters is 2. The van der Waals surface area contributed by atoms with Crippen LogP contribution in [0.5, 0.6) is 0 Å². The first-order chi connectivity index (χ1) is 25.0. The zero-order valence-electron chi connectivity index (χ0n) is 33.5. The highest BCUT2D eigenvalue weighted by molar-refractivity contribution is 7.47. The minimum absolute atomic E-state index is 0.0208. The van der Waals surface area contributed by atoms with Crippen LogP contribution < -0.4 is 0 Å². The number of phosphoric acid groups is 1. The third-order valence-electron chi connectivity index (χ3n) is 8.03. The van der Waals surface area contributed by atoms with Gasteiger partial charge in [-0.15, -0.1) is 0 Å². The van der Waals surface area contributed by atoms with E-state index in [4.69, 9.17) is 18.5 Å². The Hall–Kier alpha value is -2.29. The number of ether oxygens (including phenoxy) is 2. The molecule has 9 nitrogen and oxygen atoms in total. The van der Waals surface area contributed by atoms with Gasteiger partial charge < -0.3 is 18.9 Å². The molecular formula is C42H75NO8P+. The third kappa shape index (κ3) is 37.5. The van der Waals surface area contributed by atoms with Crippen LogP contribution in [-0.2, 0) is 32.7 Å². The summed E-state index contributed by atoms with van der Waals surface area (Å²) in [4.78, 5) is 35.2. The third-order valence-corrected chi connectivity index (χ3v) is 9.02. The van der Waals surface area contributed by atoms with Crippen LogP contribution in [0.1, 0.15) is 142 Å². The van der Waals surface area contributed by atoms with Gasteiger partial charge in [-0.1, -0.05) is 113 Å². The standard InChI is InChI=1S/C42H74NO8P/c1-6-8-10-12-14-16-18-20-21-23-24-26-28-30-32-34-41(44)48-38-40(39-50-52(46,47)49-37-36-43(3,4)5)51-42(45)35-33-31-29-27-25-22-19-17-15-13-11-9-7-2/h8,10,14,16-17,19-21,24,26,40H,6-7,9,11-13,15,18,22-23,25,27-39H2,1-5H3/p+1/b10-8-,16-14-,19-17-,21-20-,26-24-/t40-/m1/s1. The number of hydrogen-bond donors (Lipinski definition) is 1. The van der Waals surface area contributed by atoms with E-state index in [1.807, 2.05) is 21.1 Å². The predicted octanol–water partition coefficient (Wildman–Crippen LogP) is 10.9. The van der Waals surface area contributed by atoms with Gasteiger partial charge in [-0.25, -0.2) is 4.57 Å². The van der Waals surface area contributed by atoms with Crippen LogP contribution in [0.3, 0.4) is 0 Å².